The molecule has 0 atom stereocenters. The van der Waals surface area contributed by atoms with Crippen molar-refractivity contribution in [2.75, 3.05) is 18.4 Å². The van der Waals surface area contributed by atoms with E-state index in [9.17, 15) is 14.0 Å². The van der Waals surface area contributed by atoms with E-state index in [1.54, 1.807) is 19.1 Å². The Balaban J connectivity index is 1.92. The SMILES string of the molecule is Cc1ccc(NC(=O)N2CC(C(=O)O)C2)cc1F. The number of anilines is 1. The first kappa shape index (κ1) is 12.3. The number of carboxylic acids is 1. The number of nitrogens with zero attached hydrogens (tertiary/aromatic N) is 1. The summed E-state index contributed by atoms with van der Waals surface area (Å²) in [6.45, 7) is 2.01. The summed E-state index contributed by atoms with van der Waals surface area (Å²) >= 11 is 0. The first-order valence-corrected chi connectivity index (χ1v) is 5.52. The summed E-state index contributed by atoms with van der Waals surface area (Å²) in [4.78, 5) is 23.6. The Bertz CT molecular complexity index is 498. The molecule has 0 bridgehead atoms. The van der Waals surface area contributed by atoms with Gasteiger partial charge >= 0.3 is 12.0 Å². The highest BCUT2D eigenvalue weighted by Gasteiger charge is 2.35. The van der Waals surface area contributed by atoms with E-state index in [2.05, 4.69) is 5.32 Å². The smallest absolute Gasteiger partial charge is 0.321 e. The zero-order chi connectivity index (χ0) is 13.3. The van der Waals surface area contributed by atoms with Gasteiger partial charge in [-0.3, -0.25) is 4.79 Å². The van der Waals surface area contributed by atoms with Gasteiger partial charge in [0.15, 0.2) is 0 Å². The molecule has 1 aromatic rings. The third-order valence-corrected chi connectivity index (χ3v) is 2.94. The summed E-state index contributed by atoms with van der Waals surface area (Å²) in [5, 5.41) is 11.2. The van der Waals surface area contributed by atoms with Crippen molar-refractivity contribution >= 4 is 17.7 Å². The van der Waals surface area contributed by atoms with Crippen molar-refractivity contribution in [2.24, 2.45) is 5.92 Å². The van der Waals surface area contributed by atoms with Crippen LogP contribution >= 0.6 is 0 Å². The summed E-state index contributed by atoms with van der Waals surface area (Å²) in [5.74, 6) is -1.79. The van der Waals surface area contributed by atoms with Gasteiger partial charge in [-0.1, -0.05) is 6.07 Å². The fourth-order valence-electron chi connectivity index (χ4n) is 1.67. The minimum Gasteiger partial charge on any atom is -0.481 e. The molecule has 6 heteroatoms. The highest BCUT2D eigenvalue weighted by Crippen LogP contribution is 2.18. The number of aryl methyl sites for hydroxylation is 1. The number of likely N-dealkylation sites (tertiary alicyclic amines) is 1. The molecule has 0 saturated carbocycles. The van der Waals surface area contributed by atoms with E-state index >= 15 is 0 Å². The van der Waals surface area contributed by atoms with Crippen molar-refractivity contribution in [3.05, 3.63) is 29.6 Å². The van der Waals surface area contributed by atoms with Crippen LogP contribution in [0.4, 0.5) is 14.9 Å². The molecule has 2 amide bonds. The predicted octanol–water partition coefficient (Wildman–Crippen LogP) is 1.68. The van der Waals surface area contributed by atoms with Gasteiger partial charge in [0.05, 0.1) is 5.92 Å². The maximum atomic E-state index is 13.3. The van der Waals surface area contributed by atoms with E-state index < -0.39 is 17.9 Å². The average molecular weight is 252 g/mol. The van der Waals surface area contributed by atoms with Crippen molar-refractivity contribution in [3.8, 4) is 0 Å². The lowest BCUT2D eigenvalue weighted by atomic mass is 10.0. The summed E-state index contributed by atoms with van der Waals surface area (Å²) in [6, 6.07) is 4.00. The monoisotopic (exact) mass is 252 g/mol. The molecule has 5 nitrogen and oxygen atoms in total. The van der Waals surface area contributed by atoms with Gasteiger partial charge in [-0.2, -0.15) is 0 Å². The number of hydrogen-bond acceptors (Lipinski definition) is 2. The molecule has 1 aromatic carbocycles. The average Bonchev–Trinajstić information content (AvgIpc) is 2.20. The van der Waals surface area contributed by atoms with Crippen LogP contribution in [0.25, 0.3) is 0 Å². The summed E-state index contributed by atoms with van der Waals surface area (Å²) in [7, 11) is 0. The summed E-state index contributed by atoms with van der Waals surface area (Å²) in [5.41, 5.74) is 0.866. The van der Waals surface area contributed by atoms with Gasteiger partial charge in [0.25, 0.3) is 0 Å². The predicted molar refractivity (Wildman–Crippen MR) is 62.9 cm³/mol. The van der Waals surface area contributed by atoms with E-state index in [0.717, 1.165) is 0 Å². The number of hydrogen-bond donors (Lipinski definition) is 2. The summed E-state index contributed by atoms with van der Waals surface area (Å²) < 4.78 is 13.3. The lowest BCUT2D eigenvalue weighted by molar-refractivity contribution is -0.145. The van der Waals surface area contributed by atoms with Crippen LogP contribution in [0.2, 0.25) is 0 Å². The molecule has 0 aromatic heterocycles. The zero-order valence-corrected chi connectivity index (χ0v) is 9.81. The van der Waals surface area contributed by atoms with Crippen LogP contribution in [-0.2, 0) is 4.79 Å². The zero-order valence-electron chi connectivity index (χ0n) is 9.81. The molecule has 0 spiro atoms. The molecular formula is C12H13FN2O3. The van der Waals surface area contributed by atoms with Crippen LogP contribution in [-0.4, -0.2) is 35.1 Å². The topological polar surface area (TPSA) is 69.6 Å². The summed E-state index contributed by atoms with van der Waals surface area (Å²) in [6.07, 6.45) is 0. The van der Waals surface area contributed by atoms with Crippen molar-refractivity contribution in [3.63, 3.8) is 0 Å². The number of nitrogens with one attached hydrogen (secondary N) is 1. The van der Waals surface area contributed by atoms with E-state index in [4.69, 9.17) is 5.11 Å². The van der Waals surface area contributed by atoms with Crippen molar-refractivity contribution in [1.29, 1.82) is 0 Å². The molecule has 96 valence electrons. The normalized spacial score (nSPS) is 15.1. The van der Waals surface area contributed by atoms with E-state index in [1.165, 1.54) is 11.0 Å². The number of urea groups is 1. The highest BCUT2D eigenvalue weighted by molar-refractivity contribution is 5.91. The molecule has 2 N–H and O–H groups in total. The van der Waals surface area contributed by atoms with Crippen LogP contribution in [0, 0.1) is 18.7 Å². The number of halogens is 1. The van der Waals surface area contributed by atoms with Gasteiger partial charge in [0.2, 0.25) is 0 Å². The van der Waals surface area contributed by atoms with Crippen LogP contribution < -0.4 is 5.32 Å². The molecular weight excluding hydrogens is 239 g/mol. The molecule has 1 saturated heterocycles. The van der Waals surface area contributed by atoms with Gasteiger partial charge in [-0.25, -0.2) is 9.18 Å². The second-order valence-electron chi connectivity index (χ2n) is 4.33. The second-order valence-corrected chi connectivity index (χ2v) is 4.33. The maximum absolute atomic E-state index is 13.3. The molecule has 1 aliphatic heterocycles. The Kier molecular flexibility index (Phi) is 3.18. The standard InChI is InChI=1S/C12H13FN2O3/c1-7-2-3-9(4-10(7)13)14-12(18)15-5-8(6-15)11(16)17/h2-4,8H,5-6H2,1H3,(H,14,18)(H,16,17). The number of rotatable bonds is 2. The molecule has 2 rings (SSSR count). The molecule has 18 heavy (non-hydrogen) atoms. The van der Waals surface area contributed by atoms with Gasteiger partial charge < -0.3 is 15.3 Å². The number of carboxylic acid groups (broad SMARTS) is 1. The Morgan fingerprint density at radius 2 is 2.11 bits per heavy atom. The second kappa shape index (κ2) is 4.64. The van der Waals surface area contributed by atoms with Crippen LogP contribution in [0.15, 0.2) is 18.2 Å². The minimum atomic E-state index is -0.902. The van der Waals surface area contributed by atoms with Crippen molar-refractivity contribution < 1.29 is 19.1 Å². The molecule has 1 aliphatic rings. The maximum Gasteiger partial charge on any atom is 0.321 e. The molecule has 0 radical (unpaired) electrons. The van der Waals surface area contributed by atoms with E-state index in [-0.39, 0.29) is 18.9 Å². The largest absolute Gasteiger partial charge is 0.481 e. The van der Waals surface area contributed by atoms with Crippen LogP contribution in [0.5, 0.6) is 0 Å². The fourth-order valence-corrected chi connectivity index (χ4v) is 1.67. The van der Waals surface area contributed by atoms with Crippen molar-refractivity contribution in [2.45, 2.75) is 6.92 Å². The Morgan fingerprint density at radius 1 is 1.44 bits per heavy atom. The Hall–Kier alpha value is -2.11. The number of aliphatic carboxylic acids is 1. The van der Waals surface area contributed by atoms with Gasteiger partial charge in [-0.05, 0) is 24.6 Å². The number of carbonyl (C=O) groups is 2. The third-order valence-electron chi connectivity index (χ3n) is 2.94. The third kappa shape index (κ3) is 2.42. The van der Waals surface area contributed by atoms with Gasteiger partial charge in [0.1, 0.15) is 5.82 Å². The van der Waals surface area contributed by atoms with Gasteiger partial charge in [0, 0.05) is 18.8 Å². The van der Waals surface area contributed by atoms with E-state index in [0.29, 0.717) is 11.3 Å². The van der Waals surface area contributed by atoms with Crippen LogP contribution in [0.3, 0.4) is 0 Å². The Morgan fingerprint density at radius 3 is 2.67 bits per heavy atom. The molecule has 1 fully saturated rings. The van der Waals surface area contributed by atoms with Crippen molar-refractivity contribution in [1.82, 2.24) is 4.90 Å². The van der Waals surface area contributed by atoms with Gasteiger partial charge in [-0.15, -0.1) is 0 Å². The number of carbonyl (C=O) groups excluding carboxylic acids is 1. The minimum absolute atomic E-state index is 0.190. The first-order valence-electron chi connectivity index (χ1n) is 5.52. The molecule has 0 unspecified atom stereocenters. The quantitative estimate of drug-likeness (QED) is 0.841. The number of amides is 2. The first-order chi connectivity index (χ1) is 8.47. The number of benzene rings is 1. The fraction of sp³-hybridized carbons (Fsp3) is 0.333. The molecule has 0 aliphatic carbocycles. The lowest BCUT2D eigenvalue weighted by Gasteiger charge is -2.36. The lowest BCUT2D eigenvalue weighted by Crippen LogP contribution is -2.54. The highest BCUT2D eigenvalue weighted by atomic mass is 19.1. The van der Waals surface area contributed by atoms with E-state index in [1.807, 2.05) is 0 Å². The van der Waals surface area contributed by atoms with Crippen LogP contribution in [0.1, 0.15) is 5.56 Å². The molecule has 1 heterocycles. The Labute approximate surface area is 103 Å².